The van der Waals surface area contributed by atoms with Crippen LogP contribution in [0.4, 0.5) is 5.13 Å². The predicted molar refractivity (Wildman–Crippen MR) is 54.5 cm³/mol. The Morgan fingerprint density at radius 3 is 3.00 bits per heavy atom. The van der Waals surface area contributed by atoms with Gasteiger partial charge in [-0.05, 0) is 0 Å². The van der Waals surface area contributed by atoms with E-state index in [-0.39, 0.29) is 0 Å². The molecule has 1 fully saturated rings. The van der Waals surface area contributed by atoms with Crippen LogP contribution >= 0.6 is 23.1 Å². The number of hydrogen-bond acceptors (Lipinski definition) is 6. The fourth-order valence-electron chi connectivity index (χ4n) is 0.939. The molecule has 0 bridgehead atoms. The average Bonchev–Trinajstić information content (AvgIpc) is 2.49. The first-order chi connectivity index (χ1) is 6.38. The van der Waals surface area contributed by atoms with E-state index in [9.17, 15) is 0 Å². The highest BCUT2D eigenvalue weighted by molar-refractivity contribution is 8.01. The maximum Gasteiger partial charge on any atom is 0.206 e. The standard InChI is InChI=1S/C7H11N3OS2/c1-8-6-9-10-7(13-6)12-4-5-2-11-3-5/h5H,2-4H2,1H3,(H,8,9). The molecule has 0 aromatic carbocycles. The van der Waals surface area contributed by atoms with Crippen molar-refractivity contribution in [3.63, 3.8) is 0 Å². The van der Waals surface area contributed by atoms with E-state index in [1.807, 2.05) is 7.05 Å². The number of nitrogens with one attached hydrogen (secondary N) is 1. The smallest absolute Gasteiger partial charge is 0.206 e. The van der Waals surface area contributed by atoms with E-state index in [1.54, 1.807) is 23.1 Å². The third kappa shape index (κ3) is 2.32. The first-order valence-corrected chi connectivity index (χ1v) is 5.90. The summed E-state index contributed by atoms with van der Waals surface area (Å²) in [6, 6.07) is 0. The lowest BCUT2D eigenvalue weighted by atomic mass is 10.1. The van der Waals surface area contributed by atoms with E-state index >= 15 is 0 Å². The topological polar surface area (TPSA) is 47.0 Å². The molecule has 0 aliphatic carbocycles. The van der Waals surface area contributed by atoms with E-state index in [2.05, 4.69) is 15.5 Å². The molecule has 6 heteroatoms. The summed E-state index contributed by atoms with van der Waals surface area (Å²) in [5.74, 6) is 1.81. The second kappa shape index (κ2) is 4.26. The maximum atomic E-state index is 5.09. The number of nitrogens with zero attached hydrogens (tertiary/aromatic N) is 2. The molecular formula is C7H11N3OS2. The summed E-state index contributed by atoms with van der Waals surface area (Å²) in [5.41, 5.74) is 0. The van der Waals surface area contributed by atoms with Crippen molar-refractivity contribution in [3.8, 4) is 0 Å². The first kappa shape index (κ1) is 9.23. The van der Waals surface area contributed by atoms with Gasteiger partial charge in [0, 0.05) is 18.7 Å². The minimum atomic E-state index is 0.715. The molecule has 0 saturated carbocycles. The van der Waals surface area contributed by atoms with E-state index in [0.29, 0.717) is 5.92 Å². The molecule has 1 aliphatic heterocycles. The third-order valence-corrected chi connectivity index (χ3v) is 4.08. The molecular weight excluding hydrogens is 206 g/mol. The number of ether oxygens (including phenoxy) is 1. The Kier molecular flexibility index (Phi) is 3.02. The van der Waals surface area contributed by atoms with Crippen LogP contribution in [0.3, 0.4) is 0 Å². The molecule has 0 unspecified atom stereocenters. The number of rotatable bonds is 4. The Morgan fingerprint density at radius 2 is 2.46 bits per heavy atom. The van der Waals surface area contributed by atoms with Gasteiger partial charge in [0.1, 0.15) is 0 Å². The van der Waals surface area contributed by atoms with Crippen LogP contribution in [0.2, 0.25) is 0 Å². The highest BCUT2D eigenvalue weighted by Gasteiger charge is 2.19. The Labute approximate surface area is 85.1 Å². The molecule has 1 aromatic heterocycles. The molecule has 1 N–H and O–H groups in total. The molecule has 1 saturated heterocycles. The monoisotopic (exact) mass is 217 g/mol. The number of thioether (sulfide) groups is 1. The molecule has 0 amide bonds. The van der Waals surface area contributed by atoms with Gasteiger partial charge in [0.25, 0.3) is 0 Å². The highest BCUT2D eigenvalue weighted by atomic mass is 32.2. The third-order valence-electron chi connectivity index (χ3n) is 1.77. The van der Waals surface area contributed by atoms with Gasteiger partial charge in [-0.15, -0.1) is 10.2 Å². The van der Waals surface area contributed by atoms with Gasteiger partial charge in [-0.3, -0.25) is 0 Å². The lowest BCUT2D eigenvalue weighted by Gasteiger charge is -2.24. The second-order valence-electron chi connectivity index (χ2n) is 2.84. The second-order valence-corrected chi connectivity index (χ2v) is 5.08. The molecule has 0 radical (unpaired) electrons. The van der Waals surface area contributed by atoms with Crippen molar-refractivity contribution in [1.29, 1.82) is 0 Å². The Balaban J connectivity index is 1.79. The van der Waals surface area contributed by atoms with E-state index in [4.69, 9.17) is 4.74 Å². The van der Waals surface area contributed by atoms with Crippen LogP contribution in [0, 0.1) is 5.92 Å². The lowest BCUT2D eigenvalue weighted by Crippen LogP contribution is -2.29. The van der Waals surface area contributed by atoms with E-state index in [1.165, 1.54) is 0 Å². The minimum absolute atomic E-state index is 0.715. The molecule has 1 aromatic rings. The van der Waals surface area contributed by atoms with E-state index in [0.717, 1.165) is 28.4 Å². The van der Waals surface area contributed by atoms with Gasteiger partial charge in [-0.1, -0.05) is 23.1 Å². The summed E-state index contributed by atoms with van der Waals surface area (Å²) >= 11 is 3.36. The largest absolute Gasteiger partial charge is 0.381 e. The van der Waals surface area contributed by atoms with E-state index < -0.39 is 0 Å². The average molecular weight is 217 g/mol. The van der Waals surface area contributed by atoms with Crippen LogP contribution in [0.25, 0.3) is 0 Å². The summed E-state index contributed by atoms with van der Waals surface area (Å²) in [4.78, 5) is 0. The molecule has 2 heterocycles. The summed E-state index contributed by atoms with van der Waals surface area (Å²) < 4.78 is 6.13. The minimum Gasteiger partial charge on any atom is -0.381 e. The van der Waals surface area contributed by atoms with Crippen molar-refractivity contribution in [3.05, 3.63) is 0 Å². The number of hydrogen-bond donors (Lipinski definition) is 1. The van der Waals surface area contributed by atoms with Gasteiger partial charge in [-0.25, -0.2) is 0 Å². The molecule has 4 nitrogen and oxygen atoms in total. The zero-order chi connectivity index (χ0) is 9.10. The Morgan fingerprint density at radius 1 is 1.62 bits per heavy atom. The van der Waals surface area contributed by atoms with Crippen LogP contribution in [-0.2, 0) is 4.74 Å². The fourth-order valence-corrected chi connectivity index (χ4v) is 2.72. The predicted octanol–water partition coefficient (Wildman–Crippen LogP) is 1.32. The SMILES string of the molecule is CNc1nnc(SCC2COC2)s1. The summed E-state index contributed by atoms with van der Waals surface area (Å²) in [6.07, 6.45) is 0. The zero-order valence-electron chi connectivity index (χ0n) is 7.32. The molecule has 1 aliphatic rings. The van der Waals surface area contributed by atoms with Crippen molar-refractivity contribution >= 4 is 28.2 Å². The molecule has 0 spiro atoms. The van der Waals surface area contributed by atoms with Crippen molar-refractivity contribution < 1.29 is 4.74 Å². The van der Waals surface area contributed by atoms with Crippen molar-refractivity contribution in [2.45, 2.75) is 4.34 Å². The van der Waals surface area contributed by atoms with Gasteiger partial charge in [0.15, 0.2) is 4.34 Å². The summed E-state index contributed by atoms with van der Waals surface area (Å²) in [7, 11) is 1.86. The summed E-state index contributed by atoms with van der Waals surface area (Å²) in [6.45, 7) is 1.81. The van der Waals surface area contributed by atoms with Gasteiger partial charge in [-0.2, -0.15) is 0 Å². The maximum absolute atomic E-state index is 5.09. The van der Waals surface area contributed by atoms with Crippen LogP contribution in [0.1, 0.15) is 0 Å². The van der Waals surface area contributed by atoms with Crippen LogP contribution < -0.4 is 5.32 Å². The number of anilines is 1. The van der Waals surface area contributed by atoms with Crippen molar-refractivity contribution in [2.75, 3.05) is 31.3 Å². The quantitative estimate of drug-likeness (QED) is 0.771. The zero-order valence-corrected chi connectivity index (χ0v) is 8.95. The fraction of sp³-hybridized carbons (Fsp3) is 0.714. The van der Waals surface area contributed by atoms with Crippen molar-refractivity contribution in [2.24, 2.45) is 5.92 Å². The molecule has 0 atom stereocenters. The van der Waals surface area contributed by atoms with Gasteiger partial charge in [0.05, 0.1) is 13.2 Å². The molecule has 72 valence electrons. The van der Waals surface area contributed by atoms with Crippen LogP contribution in [0.15, 0.2) is 4.34 Å². The van der Waals surface area contributed by atoms with Crippen LogP contribution in [0.5, 0.6) is 0 Å². The Hall–Kier alpha value is -0.330. The lowest BCUT2D eigenvalue weighted by molar-refractivity contribution is -0.0196. The summed E-state index contributed by atoms with van der Waals surface area (Å²) in [5, 5.41) is 11.9. The Bertz CT molecular complexity index is 274. The molecule has 2 rings (SSSR count). The molecule has 13 heavy (non-hydrogen) atoms. The van der Waals surface area contributed by atoms with Crippen molar-refractivity contribution in [1.82, 2.24) is 10.2 Å². The highest BCUT2D eigenvalue weighted by Crippen LogP contribution is 2.28. The normalized spacial score (nSPS) is 17.0. The van der Waals surface area contributed by atoms with Gasteiger partial charge >= 0.3 is 0 Å². The van der Waals surface area contributed by atoms with Gasteiger partial charge < -0.3 is 10.1 Å². The van der Waals surface area contributed by atoms with Gasteiger partial charge in [0.2, 0.25) is 5.13 Å². The van der Waals surface area contributed by atoms with Crippen LogP contribution in [-0.4, -0.2) is 36.2 Å². The first-order valence-electron chi connectivity index (χ1n) is 4.10. The number of aromatic nitrogens is 2.